The summed E-state index contributed by atoms with van der Waals surface area (Å²) in [6, 6.07) is 8.88. The number of piperazine rings is 1. The number of anilines is 1. The normalized spacial score (nSPS) is 26.2. The predicted octanol–water partition coefficient (Wildman–Crippen LogP) is 1.80. The Kier molecular flexibility index (Phi) is 8.78. The molecule has 1 aromatic heterocycles. The van der Waals surface area contributed by atoms with Crippen LogP contribution in [0.25, 0.3) is 0 Å². The summed E-state index contributed by atoms with van der Waals surface area (Å²) in [5.41, 5.74) is 2.80. The third kappa shape index (κ3) is 6.41. The van der Waals surface area contributed by atoms with E-state index in [1.165, 1.54) is 12.1 Å². The molecule has 10 heteroatoms. The number of hydrogen-bond donors (Lipinski definition) is 2. The van der Waals surface area contributed by atoms with Crippen molar-refractivity contribution >= 4 is 11.6 Å². The number of aromatic nitrogens is 1. The number of aliphatic hydroxyl groups is 1. The van der Waals surface area contributed by atoms with Crippen LogP contribution in [0.2, 0.25) is 0 Å². The first-order valence-corrected chi connectivity index (χ1v) is 13.9. The van der Waals surface area contributed by atoms with Crippen molar-refractivity contribution < 1.29 is 23.8 Å². The SMILES string of the molecule is CC1COc2nc(CO)c(Cc3ccc(F)cc3)cc2N1C(=O)CN1C[C@@H](C)NC[C@@H]1CN1CCOC[C@H]1C. The van der Waals surface area contributed by atoms with E-state index in [4.69, 9.17) is 9.47 Å². The van der Waals surface area contributed by atoms with Crippen molar-refractivity contribution in [3.05, 3.63) is 53.0 Å². The summed E-state index contributed by atoms with van der Waals surface area (Å²) in [4.78, 5) is 25.1. The van der Waals surface area contributed by atoms with Crippen LogP contribution in [0.1, 0.15) is 37.6 Å². The highest BCUT2D eigenvalue weighted by molar-refractivity contribution is 5.97. The van der Waals surface area contributed by atoms with Crippen molar-refractivity contribution in [2.24, 2.45) is 0 Å². The van der Waals surface area contributed by atoms with Crippen LogP contribution in [-0.2, 0) is 22.6 Å². The lowest BCUT2D eigenvalue weighted by Gasteiger charge is -2.44. The van der Waals surface area contributed by atoms with Gasteiger partial charge in [-0.1, -0.05) is 12.1 Å². The zero-order chi connectivity index (χ0) is 27.5. The fraction of sp³-hybridized carbons (Fsp3) is 0.586. The molecule has 1 aromatic carbocycles. The first kappa shape index (κ1) is 27.9. The Hall–Kier alpha value is -2.63. The molecule has 4 atom stereocenters. The van der Waals surface area contributed by atoms with Gasteiger partial charge in [-0.2, -0.15) is 0 Å². The van der Waals surface area contributed by atoms with Crippen LogP contribution in [0, 0.1) is 5.82 Å². The Morgan fingerprint density at radius 3 is 2.69 bits per heavy atom. The Bertz CT molecular complexity index is 1150. The quantitative estimate of drug-likeness (QED) is 0.549. The van der Waals surface area contributed by atoms with Crippen molar-refractivity contribution in [2.75, 3.05) is 57.4 Å². The van der Waals surface area contributed by atoms with Crippen molar-refractivity contribution in [1.29, 1.82) is 0 Å². The smallest absolute Gasteiger partial charge is 0.241 e. The number of fused-ring (bicyclic) bond motifs is 1. The fourth-order valence-corrected chi connectivity index (χ4v) is 5.80. The van der Waals surface area contributed by atoms with Gasteiger partial charge in [0.15, 0.2) is 0 Å². The number of pyridine rings is 1. The van der Waals surface area contributed by atoms with Crippen LogP contribution in [0.5, 0.6) is 5.88 Å². The lowest BCUT2D eigenvalue weighted by Crippen LogP contribution is -2.62. The molecule has 4 heterocycles. The second-order valence-electron chi connectivity index (χ2n) is 11.1. The van der Waals surface area contributed by atoms with E-state index in [-0.39, 0.29) is 30.4 Å². The highest BCUT2D eigenvalue weighted by atomic mass is 19.1. The molecule has 2 N–H and O–H groups in total. The van der Waals surface area contributed by atoms with Crippen LogP contribution < -0.4 is 15.0 Å². The summed E-state index contributed by atoms with van der Waals surface area (Å²) in [6.45, 7) is 11.6. The minimum atomic E-state index is -0.299. The van der Waals surface area contributed by atoms with Crippen molar-refractivity contribution in [3.8, 4) is 5.88 Å². The second-order valence-corrected chi connectivity index (χ2v) is 11.1. The van der Waals surface area contributed by atoms with Crippen LogP contribution in [-0.4, -0.2) is 103 Å². The molecule has 1 amide bonds. The van der Waals surface area contributed by atoms with Crippen molar-refractivity contribution in [2.45, 2.75) is 58.0 Å². The summed E-state index contributed by atoms with van der Waals surface area (Å²) in [5.74, 6) is 0.0699. The van der Waals surface area contributed by atoms with Crippen molar-refractivity contribution in [1.82, 2.24) is 20.1 Å². The minimum absolute atomic E-state index is 0.00690. The molecule has 0 spiro atoms. The maximum Gasteiger partial charge on any atom is 0.241 e. The van der Waals surface area contributed by atoms with Crippen LogP contribution in [0.3, 0.4) is 0 Å². The van der Waals surface area contributed by atoms with Gasteiger partial charge in [-0.25, -0.2) is 9.37 Å². The summed E-state index contributed by atoms with van der Waals surface area (Å²) < 4.78 is 25.0. The summed E-state index contributed by atoms with van der Waals surface area (Å²) in [7, 11) is 0. The molecule has 0 aliphatic carbocycles. The van der Waals surface area contributed by atoms with Gasteiger partial charge < -0.3 is 24.8 Å². The number of halogens is 1. The molecule has 2 aromatic rings. The number of rotatable bonds is 7. The highest BCUT2D eigenvalue weighted by Gasteiger charge is 2.36. The zero-order valence-corrected chi connectivity index (χ0v) is 23.1. The van der Waals surface area contributed by atoms with Gasteiger partial charge in [0.25, 0.3) is 0 Å². The number of morpholine rings is 1. The first-order valence-electron chi connectivity index (χ1n) is 13.9. The molecule has 1 unspecified atom stereocenters. The molecular weight excluding hydrogens is 501 g/mol. The largest absolute Gasteiger partial charge is 0.474 e. The number of nitrogens with zero attached hydrogens (tertiary/aromatic N) is 4. The molecular formula is C29H40FN5O4. The third-order valence-corrected chi connectivity index (χ3v) is 8.04. The Labute approximate surface area is 229 Å². The molecule has 212 valence electrons. The average Bonchev–Trinajstić information content (AvgIpc) is 2.92. The molecule has 2 saturated heterocycles. The number of carbonyl (C=O) groups is 1. The van der Waals surface area contributed by atoms with Crippen molar-refractivity contribution in [3.63, 3.8) is 0 Å². The van der Waals surface area contributed by atoms with Gasteiger partial charge in [-0.15, -0.1) is 0 Å². The molecule has 2 fully saturated rings. The topological polar surface area (TPSA) is 90.4 Å². The lowest BCUT2D eigenvalue weighted by atomic mass is 10.0. The number of aliphatic hydroxyl groups excluding tert-OH is 1. The van der Waals surface area contributed by atoms with E-state index >= 15 is 0 Å². The third-order valence-electron chi connectivity index (χ3n) is 8.04. The van der Waals surface area contributed by atoms with Gasteiger partial charge in [-0.05, 0) is 56.5 Å². The number of benzene rings is 1. The molecule has 3 aliphatic rings. The number of hydrogen-bond acceptors (Lipinski definition) is 8. The van der Waals surface area contributed by atoms with E-state index in [1.54, 1.807) is 12.1 Å². The van der Waals surface area contributed by atoms with Gasteiger partial charge in [0, 0.05) is 44.3 Å². The molecule has 9 nitrogen and oxygen atoms in total. The monoisotopic (exact) mass is 541 g/mol. The van der Waals surface area contributed by atoms with Crippen LogP contribution in [0.4, 0.5) is 10.1 Å². The van der Waals surface area contributed by atoms with E-state index in [0.717, 1.165) is 50.5 Å². The first-order chi connectivity index (χ1) is 18.8. The Balaban J connectivity index is 1.37. The van der Waals surface area contributed by atoms with Gasteiger partial charge in [0.1, 0.15) is 18.1 Å². The molecule has 0 radical (unpaired) electrons. The minimum Gasteiger partial charge on any atom is -0.474 e. The standard InChI is InChI=1S/C29H40FN5O4/c1-19-13-34(25(12-31-19)14-33-8-9-38-17-20(33)2)15-28(37)35-21(3)18-39-29-27(35)11-23(26(16-36)32-29)10-22-4-6-24(30)7-5-22/h4-7,11,19-21,25,31,36H,8-10,12-18H2,1-3H3/t19-,20-,21?,25-/m1/s1. The zero-order valence-electron chi connectivity index (χ0n) is 23.1. The number of nitrogens with one attached hydrogen (secondary N) is 1. The second kappa shape index (κ2) is 12.3. The number of carbonyl (C=O) groups excluding carboxylic acids is 1. The number of amides is 1. The molecule has 5 rings (SSSR count). The van der Waals surface area contributed by atoms with Crippen LogP contribution in [0.15, 0.2) is 30.3 Å². The van der Waals surface area contributed by atoms with Gasteiger partial charge in [0.05, 0.1) is 38.1 Å². The van der Waals surface area contributed by atoms with Crippen LogP contribution >= 0.6 is 0 Å². The molecule has 3 aliphatic heterocycles. The van der Waals surface area contributed by atoms with E-state index in [0.29, 0.717) is 48.9 Å². The summed E-state index contributed by atoms with van der Waals surface area (Å²) >= 11 is 0. The van der Waals surface area contributed by atoms with E-state index in [1.807, 2.05) is 17.9 Å². The Morgan fingerprint density at radius 2 is 1.95 bits per heavy atom. The molecule has 39 heavy (non-hydrogen) atoms. The van der Waals surface area contributed by atoms with E-state index < -0.39 is 0 Å². The van der Waals surface area contributed by atoms with Gasteiger partial charge >= 0.3 is 0 Å². The maximum absolute atomic E-state index is 14.0. The van der Waals surface area contributed by atoms with E-state index in [2.05, 4.69) is 33.9 Å². The summed E-state index contributed by atoms with van der Waals surface area (Å²) in [6.07, 6.45) is 0.460. The predicted molar refractivity (Wildman–Crippen MR) is 146 cm³/mol. The lowest BCUT2D eigenvalue weighted by molar-refractivity contribution is -0.121. The highest BCUT2D eigenvalue weighted by Crippen LogP contribution is 2.35. The number of ether oxygens (including phenoxy) is 2. The molecule has 0 bridgehead atoms. The van der Waals surface area contributed by atoms with Gasteiger partial charge in [-0.3, -0.25) is 14.6 Å². The summed E-state index contributed by atoms with van der Waals surface area (Å²) in [5, 5.41) is 13.6. The average molecular weight is 542 g/mol. The molecule has 0 saturated carbocycles. The van der Waals surface area contributed by atoms with Gasteiger partial charge in [0.2, 0.25) is 11.8 Å². The van der Waals surface area contributed by atoms with E-state index in [9.17, 15) is 14.3 Å². The fourth-order valence-electron chi connectivity index (χ4n) is 5.80. The Morgan fingerprint density at radius 1 is 1.15 bits per heavy atom. The maximum atomic E-state index is 14.0.